The summed E-state index contributed by atoms with van der Waals surface area (Å²) in [6.07, 6.45) is 1.86. The molecule has 0 aliphatic carbocycles. The molecule has 1 aromatic heterocycles. The third-order valence-corrected chi connectivity index (χ3v) is 3.53. The fourth-order valence-corrected chi connectivity index (χ4v) is 2.24. The fourth-order valence-electron chi connectivity index (χ4n) is 2.24. The Kier molecular flexibility index (Phi) is 5.14. The highest BCUT2D eigenvalue weighted by atomic mass is 16.5. The van der Waals surface area contributed by atoms with E-state index in [4.69, 9.17) is 4.74 Å². The van der Waals surface area contributed by atoms with Gasteiger partial charge in [0.1, 0.15) is 11.3 Å². The number of rotatable bonds is 6. The molecule has 0 bridgehead atoms. The maximum absolute atomic E-state index is 11.9. The lowest BCUT2D eigenvalue weighted by Gasteiger charge is -2.15. The van der Waals surface area contributed by atoms with Gasteiger partial charge < -0.3 is 10.1 Å². The second kappa shape index (κ2) is 7.07. The molecule has 4 nitrogen and oxygen atoms in total. The molecule has 0 saturated carbocycles. The van der Waals surface area contributed by atoms with Gasteiger partial charge in [-0.25, -0.2) is 4.98 Å². The molecule has 112 valence electrons. The predicted octanol–water partition coefficient (Wildman–Crippen LogP) is 3.23. The Hall–Kier alpha value is -2.10. The topological polar surface area (TPSA) is 51.2 Å². The van der Waals surface area contributed by atoms with Gasteiger partial charge in [-0.05, 0) is 31.9 Å². The monoisotopic (exact) mass is 286 g/mol. The van der Waals surface area contributed by atoms with Crippen molar-refractivity contribution in [2.24, 2.45) is 0 Å². The minimum absolute atomic E-state index is 0.0191. The second-order valence-electron chi connectivity index (χ2n) is 5.15. The number of pyridine rings is 1. The zero-order valence-corrected chi connectivity index (χ0v) is 12.8. The first-order valence-electron chi connectivity index (χ1n) is 7.42. The molecular weight excluding hydrogens is 264 g/mol. The molecule has 2 rings (SSSR count). The van der Waals surface area contributed by atoms with E-state index in [0.29, 0.717) is 5.75 Å². The molecule has 0 spiro atoms. The number of ether oxygens (including phenoxy) is 1. The highest BCUT2D eigenvalue weighted by Gasteiger charge is 2.10. The van der Waals surface area contributed by atoms with Crippen LogP contribution in [0.5, 0.6) is 5.75 Å². The summed E-state index contributed by atoms with van der Waals surface area (Å²) >= 11 is 0. The summed E-state index contributed by atoms with van der Waals surface area (Å²) in [7, 11) is 0. The van der Waals surface area contributed by atoms with E-state index in [-0.39, 0.29) is 18.6 Å². The lowest BCUT2D eigenvalue weighted by molar-refractivity contribution is -0.123. The van der Waals surface area contributed by atoms with E-state index in [2.05, 4.69) is 24.1 Å². The van der Waals surface area contributed by atoms with Crippen LogP contribution < -0.4 is 10.1 Å². The van der Waals surface area contributed by atoms with Crippen LogP contribution in [0.3, 0.4) is 0 Å². The van der Waals surface area contributed by atoms with Gasteiger partial charge in [0.05, 0.1) is 0 Å². The summed E-state index contributed by atoms with van der Waals surface area (Å²) in [5.74, 6) is 0.559. The van der Waals surface area contributed by atoms with E-state index in [9.17, 15) is 4.79 Å². The van der Waals surface area contributed by atoms with Crippen molar-refractivity contribution < 1.29 is 9.53 Å². The number of nitrogens with one attached hydrogen (secondary N) is 1. The van der Waals surface area contributed by atoms with Gasteiger partial charge in [-0.2, -0.15) is 0 Å². The highest BCUT2D eigenvalue weighted by molar-refractivity contribution is 5.85. The minimum Gasteiger partial charge on any atom is -0.481 e. The average molecular weight is 286 g/mol. The molecule has 2 aromatic rings. The van der Waals surface area contributed by atoms with Gasteiger partial charge in [-0.1, -0.05) is 32.0 Å². The van der Waals surface area contributed by atoms with E-state index in [1.54, 1.807) is 0 Å². The Morgan fingerprint density at radius 3 is 2.71 bits per heavy atom. The smallest absolute Gasteiger partial charge is 0.258 e. The third-order valence-electron chi connectivity index (χ3n) is 3.53. The number of aromatic nitrogens is 1. The van der Waals surface area contributed by atoms with Crippen LogP contribution >= 0.6 is 0 Å². The standard InChI is InChI=1S/C17H22N2O2/c1-4-14(5-2)19-16(20)11-21-15-8-6-7-13-10-9-12(3)18-17(13)15/h6-10,14H,4-5,11H2,1-3H3,(H,19,20). The summed E-state index contributed by atoms with van der Waals surface area (Å²) in [6.45, 7) is 6.08. The first kappa shape index (κ1) is 15.3. The molecule has 0 saturated heterocycles. The van der Waals surface area contributed by atoms with Crippen molar-refractivity contribution in [3.63, 3.8) is 0 Å². The zero-order valence-electron chi connectivity index (χ0n) is 12.8. The number of aryl methyl sites for hydroxylation is 1. The van der Waals surface area contributed by atoms with Gasteiger partial charge in [-0.15, -0.1) is 0 Å². The largest absolute Gasteiger partial charge is 0.481 e. The molecule has 0 unspecified atom stereocenters. The lowest BCUT2D eigenvalue weighted by Crippen LogP contribution is -2.37. The Morgan fingerprint density at radius 2 is 2.00 bits per heavy atom. The van der Waals surface area contributed by atoms with Crippen molar-refractivity contribution >= 4 is 16.8 Å². The Bertz CT molecular complexity index is 621. The van der Waals surface area contributed by atoms with Crippen LogP contribution in [0.2, 0.25) is 0 Å². The van der Waals surface area contributed by atoms with Crippen molar-refractivity contribution in [3.8, 4) is 5.75 Å². The highest BCUT2D eigenvalue weighted by Crippen LogP contribution is 2.23. The molecule has 0 aliphatic rings. The van der Waals surface area contributed by atoms with Crippen LogP contribution in [-0.4, -0.2) is 23.5 Å². The number of carbonyl (C=O) groups is 1. The van der Waals surface area contributed by atoms with E-state index in [1.165, 1.54) is 0 Å². The number of hydrogen-bond donors (Lipinski definition) is 1. The van der Waals surface area contributed by atoms with Gasteiger partial charge in [0.2, 0.25) is 0 Å². The van der Waals surface area contributed by atoms with E-state index in [1.807, 2.05) is 37.3 Å². The van der Waals surface area contributed by atoms with Gasteiger partial charge in [0.25, 0.3) is 5.91 Å². The number of amides is 1. The van der Waals surface area contributed by atoms with Crippen molar-refractivity contribution in [2.75, 3.05) is 6.61 Å². The van der Waals surface area contributed by atoms with Gasteiger partial charge in [0.15, 0.2) is 6.61 Å². The summed E-state index contributed by atoms with van der Waals surface area (Å²) in [6, 6.07) is 9.93. The summed E-state index contributed by atoms with van der Waals surface area (Å²) in [5.41, 5.74) is 1.73. The Morgan fingerprint density at radius 1 is 1.24 bits per heavy atom. The zero-order chi connectivity index (χ0) is 15.2. The average Bonchev–Trinajstić information content (AvgIpc) is 2.50. The molecule has 1 amide bonds. The first-order valence-corrected chi connectivity index (χ1v) is 7.42. The molecular formula is C17H22N2O2. The van der Waals surface area contributed by atoms with E-state index < -0.39 is 0 Å². The van der Waals surface area contributed by atoms with Crippen LogP contribution in [0.4, 0.5) is 0 Å². The maximum atomic E-state index is 11.9. The van der Waals surface area contributed by atoms with E-state index >= 15 is 0 Å². The molecule has 0 atom stereocenters. The van der Waals surface area contributed by atoms with Crippen molar-refractivity contribution in [1.82, 2.24) is 10.3 Å². The molecule has 21 heavy (non-hydrogen) atoms. The molecule has 1 aromatic carbocycles. The Balaban J connectivity index is 2.06. The van der Waals surface area contributed by atoms with Crippen LogP contribution in [0.25, 0.3) is 10.9 Å². The minimum atomic E-state index is -0.0895. The van der Waals surface area contributed by atoms with Crippen LogP contribution in [0.15, 0.2) is 30.3 Å². The number of hydrogen-bond acceptors (Lipinski definition) is 3. The number of benzene rings is 1. The normalized spacial score (nSPS) is 10.9. The van der Waals surface area contributed by atoms with E-state index in [0.717, 1.165) is 29.4 Å². The quantitative estimate of drug-likeness (QED) is 0.887. The Labute approximate surface area is 125 Å². The predicted molar refractivity (Wildman–Crippen MR) is 84.5 cm³/mol. The van der Waals surface area contributed by atoms with Gasteiger partial charge >= 0.3 is 0 Å². The number of carbonyl (C=O) groups excluding carboxylic acids is 1. The number of fused-ring (bicyclic) bond motifs is 1. The fraction of sp³-hybridized carbons (Fsp3) is 0.412. The molecule has 0 aliphatic heterocycles. The van der Waals surface area contributed by atoms with Gasteiger partial charge in [0, 0.05) is 17.1 Å². The van der Waals surface area contributed by atoms with Crippen molar-refractivity contribution in [3.05, 3.63) is 36.0 Å². The first-order chi connectivity index (χ1) is 10.1. The second-order valence-corrected chi connectivity index (χ2v) is 5.15. The van der Waals surface area contributed by atoms with Gasteiger partial charge in [-0.3, -0.25) is 4.79 Å². The summed E-state index contributed by atoms with van der Waals surface area (Å²) < 4.78 is 5.65. The molecule has 4 heteroatoms. The van der Waals surface area contributed by atoms with Crippen LogP contribution in [0.1, 0.15) is 32.4 Å². The number of para-hydroxylation sites is 1. The maximum Gasteiger partial charge on any atom is 0.258 e. The molecule has 0 radical (unpaired) electrons. The SMILES string of the molecule is CCC(CC)NC(=O)COc1cccc2ccc(C)nc12. The van der Waals surface area contributed by atoms with Crippen molar-refractivity contribution in [2.45, 2.75) is 39.7 Å². The summed E-state index contributed by atoms with van der Waals surface area (Å²) in [5, 5.41) is 3.97. The molecule has 1 heterocycles. The lowest BCUT2D eigenvalue weighted by atomic mass is 10.2. The number of nitrogens with zero attached hydrogens (tertiary/aromatic N) is 1. The third kappa shape index (κ3) is 3.94. The molecule has 0 fully saturated rings. The van der Waals surface area contributed by atoms with Crippen molar-refractivity contribution in [1.29, 1.82) is 0 Å². The molecule has 1 N–H and O–H groups in total. The summed E-state index contributed by atoms with van der Waals surface area (Å²) in [4.78, 5) is 16.4. The van der Waals surface area contributed by atoms with Crippen LogP contribution in [-0.2, 0) is 4.79 Å². The van der Waals surface area contributed by atoms with Crippen LogP contribution in [0, 0.1) is 6.92 Å².